The van der Waals surface area contributed by atoms with Gasteiger partial charge < -0.3 is 11.1 Å². The maximum atomic E-state index is 11.8. The third kappa shape index (κ3) is 5.98. The maximum absolute atomic E-state index is 11.8. The second-order valence-corrected chi connectivity index (χ2v) is 6.67. The Morgan fingerprint density at radius 2 is 2.22 bits per heavy atom. The van der Waals surface area contributed by atoms with E-state index in [9.17, 15) is 4.79 Å². The van der Waals surface area contributed by atoms with Crippen molar-refractivity contribution in [2.45, 2.75) is 45.7 Å². The largest absolute Gasteiger partial charge is 0.351 e. The van der Waals surface area contributed by atoms with Crippen LogP contribution < -0.4 is 11.1 Å². The SMILES string of the molecule is CC(N)CCCC(C)C(=O)NCc1cc(Br)cs1. The van der Waals surface area contributed by atoms with Crippen LogP contribution in [-0.2, 0) is 11.3 Å². The zero-order chi connectivity index (χ0) is 13.5. The number of hydrogen-bond acceptors (Lipinski definition) is 3. The molecule has 102 valence electrons. The molecule has 0 bridgehead atoms. The standard InChI is InChI=1S/C13H21BrN2OS/c1-9(4-3-5-10(2)15)13(17)16-7-12-6-11(14)8-18-12/h6,8-10H,3-5,7,15H2,1-2H3,(H,16,17). The number of amides is 1. The van der Waals surface area contributed by atoms with Crippen molar-refractivity contribution >= 4 is 33.2 Å². The summed E-state index contributed by atoms with van der Waals surface area (Å²) in [5.41, 5.74) is 5.69. The van der Waals surface area contributed by atoms with Crippen molar-refractivity contribution in [3.63, 3.8) is 0 Å². The first-order chi connectivity index (χ1) is 8.49. The van der Waals surface area contributed by atoms with Gasteiger partial charge in [-0.05, 0) is 41.8 Å². The normalized spacial score (nSPS) is 14.2. The van der Waals surface area contributed by atoms with Crippen molar-refractivity contribution in [3.8, 4) is 0 Å². The van der Waals surface area contributed by atoms with E-state index < -0.39 is 0 Å². The summed E-state index contributed by atoms with van der Waals surface area (Å²) >= 11 is 5.05. The van der Waals surface area contributed by atoms with Crippen LogP contribution in [0.1, 0.15) is 38.0 Å². The molecule has 3 N–H and O–H groups in total. The number of nitrogens with one attached hydrogen (secondary N) is 1. The first-order valence-electron chi connectivity index (χ1n) is 6.25. The molecule has 0 saturated carbocycles. The molecule has 0 saturated heterocycles. The molecule has 0 aromatic carbocycles. The van der Waals surface area contributed by atoms with Crippen LogP contribution in [0, 0.1) is 5.92 Å². The molecule has 1 aromatic heterocycles. The number of carbonyl (C=O) groups is 1. The third-order valence-corrected chi connectivity index (χ3v) is 4.50. The van der Waals surface area contributed by atoms with Crippen molar-refractivity contribution in [2.75, 3.05) is 0 Å². The molecule has 1 aromatic rings. The zero-order valence-electron chi connectivity index (χ0n) is 10.9. The highest BCUT2D eigenvalue weighted by atomic mass is 79.9. The lowest BCUT2D eigenvalue weighted by Crippen LogP contribution is -2.28. The van der Waals surface area contributed by atoms with Gasteiger partial charge in [0.1, 0.15) is 0 Å². The molecular weight excluding hydrogens is 312 g/mol. The summed E-state index contributed by atoms with van der Waals surface area (Å²) in [6.45, 7) is 4.59. The van der Waals surface area contributed by atoms with E-state index in [4.69, 9.17) is 5.73 Å². The lowest BCUT2D eigenvalue weighted by atomic mass is 10.0. The molecule has 0 fully saturated rings. The fourth-order valence-corrected chi connectivity index (χ4v) is 3.06. The Morgan fingerprint density at radius 1 is 1.50 bits per heavy atom. The Hall–Kier alpha value is -0.390. The fourth-order valence-electron chi connectivity index (χ4n) is 1.67. The lowest BCUT2D eigenvalue weighted by molar-refractivity contribution is -0.124. The molecular formula is C13H21BrN2OS. The Balaban J connectivity index is 2.23. The summed E-state index contributed by atoms with van der Waals surface area (Å²) in [4.78, 5) is 13.0. The molecule has 18 heavy (non-hydrogen) atoms. The van der Waals surface area contributed by atoms with E-state index in [2.05, 4.69) is 21.2 Å². The average Bonchev–Trinajstić information content (AvgIpc) is 2.71. The molecule has 0 spiro atoms. The van der Waals surface area contributed by atoms with Crippen LogP contribution in [0.2, 0.25) is 0 Å². The van der Waals surface area contributed by atoms with Crippen LogP contribution in [0.5, 0.6) is 0 Å². The summed E-state index contributed by atoms with van der Waals surface area (Å²) < 4.78 is 1.07. The summed E-state index contributed by atoms with van der Waals surface area (Å²) in [7, 11) is 0. The van der Waals surface area contributed by atoms with Crippen molar-refractivity contribution in [3.05, 3.63) is 20.8 Å². The summed E-state index contributed by atoms with van der Waals surface area (Å²) in [5, 5.41) is 4.99. The molecule has 2 unspecified atom stereocenters. The predicted octanol–water partition coefficient (Wildman–Crippen LogP) is 3.28. The minimum atomic E-state index is 0.0622. The third-order valence-electron chi connectivity index (χ3n) is 2.80. The van der Waals surface area contributed by atoms with E-state index in [1.807, 2.05) is 25.3 Å². The van der Waals surface area contributed by atoms with Gasteiger partial charge in [-0.2, -0.15) is 0 Å². The summed E-state index contributed by atoms with van der Waals surface area (Å²) in [5.74, 6) is 0.191. The Labute approximate surface area is 121 Å². The van der Waals surface area contributed by atoms with Gasteiger partial charge in [0.25, 0.3) is 0 Å². The van der Waals surface area contributed by atoms with Gasteiger partial charge in [-0.25, -0.2) is 0 Å². The highest BCUT2D eigenvalue weighted by Gasteiger charge is 2.12. The van der Waals surface area contributed by atoms with E-state index in [-0.39, 0.29) is 17.9 Å². The van der Waals surface area contributed by atoms with Gasteiger partial charge in [0.05, 0.1) is 6.54 Å². The number of carbonyl (C=O) groups excluding carboxylic acids is 1. The van der Waals surface area contributed by atoms with Gasteiger partial charge in [-0.3, -0.25) is 4.79 Å². The van der Waals surface area contributed by atoms with Gasteiger partial charge in [0.15, 0.2) is 0 Å². The number of halogens is 1. The van der Waals surface area contributed by atoms with Gasteiger partial charge in [0.2, 0.25) is 5.91 Å². The first-order valence-corrected chi connectivity index (χ1v) is 7.92. The molecule has 1 heterocycles. The smallest absolute Gasteiger partial charge is 0.223 e. The summed E-state index contributed by atoms with van der Waals surface area (Å²) in [6.07, 6.45) is 2.90. The summed E-state index contributed by atoms with van der Waals surface area (Å²) in [6, 6.07) is 2.26. The zero-order valence-corrected chi connectivity index (χ0v) is 13.3. The second kappa shape index (κ2) is 7.92. The van der Waals surface area contributed by atoms with Crippen molar-refractivity contribution in [1.29, 1.82) is 0 Å². The molecule has 3 nitrogen and oxygen atoms in total. The van der Waals surface area contributed by atoms with E-state index in [1.165, 1.54) is 0 Å². The Bertz CT molecular complexity index is 379. The highest BCUT2D eigenvalue weighted by molar-refractivity contribution is 9.10. The molecule has 1 rings (SSSR count). The van der Waals surface area contributed by atoms with Crippen molar-refractivity contribution in [2.24, 2.45) is 11.7 Å². The number of rotatable bonds is 7. The second-order valence-electron chi connectivity index (χ2n) is 4.76. The van der Waals surface area contributed by atoms with Crippen LogP contribution in [-0.4, -0.2) is 11.9 Å². The fraction of sp³-hybridized carbons (Fsp3) is 0.615. The monoisotopic (exact) mass is 332 g/mol. The molecule has 0 aliphatic rings. The van der Waals surface area contributed by atoms with E-state index in [0.717, 1.165) is 28.6 Å². The van der Waals surface area contributed by atoms with Crippen LogP contribution in [0.25, 0.3) is 0 Å². The minimum absolute atomic E-state index is 0.0622. The number of thiophene rings is 1. The number of nitrogens with two attached hydrogens (primary N) is 1. The predicted molar refractivity (Wildman–Crippen MR) is 80.5 cm³/mol. The quantitative estimate of drug-likeness (QED) is 0.804. The van der Waals surface area contributed by atoms with Crippen LogP contribution in [0.15, 0.2) is 15.9 Å². The molecule has 0 radical (unpaired) electrons. The first kappa shape index (κ1) is 15.7. The number of hydrogen-bond donors (Lipinski definition) is 2. The Kier molecular flexibility index (Phi) is 6.89. The van der Waals surface area contributed by atoms with Crippen LogP contribution in [0.3, 0.4) is 0 Å². The van der Waals surface area contributed by atoms with E-state index in [0.29, 0.717) is 6.54 Å². The van der Waals surface area contributed by atoms with Crippen LogP contribution in [0.4, 0.5) is 0 Å². The topological polar surface area (TPSA) is 55.1 Å². The van der Waals surface area contributed by atoms with E-state index >= 15 is 0 Å². The van der Waals surface area contributed by atoms with Gasteiger partial charge >= 0.3 is 0 Å². The Morgan fingerprint density at radius 3 is 2.78 bits per heavy atom. The maximum Gasteiger partial charge on any atom is 0.223 e. The van der Waals surface area contributed by atoms with E-state index in [1.54, 1.807) is 11.3 Å². The van der Waals surface area contributed by atoms with Crippen molar-refractivity contribution in [1.82, 2.24) is 5.32 Å². The lowest BCUT2D eigenvalue weighted by Gasteiger charge is -2.12. The van der Waals surface area contributed by atoms with Crippen LogP contribution >= 0.6 is 27.3 Å². The molecule has 2 atom stereocenters. The van der Waals surface area contributed by atoms with Crippen molar-refractivity contribution < 1.29 is 4.79 Å². The van der Waals surface area contributed by atoms with Gasteiger partial charge in [-0.1, -0.05) is 13.3 Å². The molecule has 1 amide bonds. The van der Waals surface area contributed by atoms with Gasteiger partial charge in [0, 0.05) is 26.7 Å². The minimum Gasteiger partial charge on any atom is -0.351 e. The molecule has 0 aliphatic heterocycles. The van der Waals surface area contributed by atoms with Gasteiger partial charge in [-0.15, -0.1) is 11.3 Å². The molecule has 0 aliphatic carbocycles. The average molecular weight is 333 g/mol. The molecule has 5 heteroatoms. The highest BCUT2D eigenvalue weighted by Crippen LogP contribution is 2.19.